The number of hydrogen-bond acceptors (Lipinski definition) is 4. The fourth-order valence-electron chi connectivity index (χ4n) is 1.54. The van der Waals surface area contributed by atoms with Gasteiger partial charge in [-0.05, 0) is 19.1 Å². The molecule has 0 fully saturated rings. The third-order valence-corrected chi connectivity index (χ3v) is 2.77. The smallest absolute Gasteiger partial charge is 0.261 e. The van der Waals surface area contributed by atoms with Gasteiger partial charge in [-0.1, -0.05) is 12.2 Å². The monoisotopic (exact) mass is 270 g/mol. The number of nitrogens with zero attached hydrogens (tertiary/aromatic N) is 1. The average molecular weight is 270 g/mol. The van der Waals surface area contributed by atoms with E-state index in [4.69, 9.17) is 27.4 Å². The Morgan fingerprint density at radius 2 is 2.11 bits per heavy atom. The van der Waals surface area contributed by atoms with Crippen LogP contribution in [0.1, 0.15) is 11.3 Å². The summed E-state index contributed by atoms with van der Waals surface area (Å²) >= 11 is 4.84. The van der Waals surface area contributed by atoms with Gasteiger partial charge >= 0.3 is 0 Å². The van der Waals surface area contributed by atoms with Gasteiger partial charge in [-0.25, -0.2) is 0 Å². The van der Waals surface area contributed by atoms with Crippen molar-refractivity contribution in [1.82, 2.24) is 4.57 Å². The van der Waals surface area contributed by atoms with E-state index >= 15 is 0 Å². The topological polar surface area (TPSA) is 66.5 Å². The molecule has 0 unspecified atom stereocenters. The molecular weight excluding hydrogens is 252 g/mol. The normalized spacial score (nSPS) is 10.6. The minimum absolute atomic E-state index is 0.119. The number of pyridine rings is 1. The van der Waals surface area contributed by atoms with E-state index in [1.807, 2.05) is 13.0 Å². The van der Waals surface area contributed by atoms with Crippen LogP contribution in [0, 0.1) is 6.92 Å². The zero-order valence-electron chi connectivity index (χ0n) is 10.6. The second-order valence-electron chi connectivity index (χ2n) is 3.81. The van der Waals surface area contributed by atoms with Crippen molar-refractivity contribution in [2.45, 2.75) is 13.5 Å². The first-order valence-electron chi connectivity index (χ1n) is 5.65. The van der Waals surface area contributed by atoms with Gasteiger partial charge in [0.15, 0.2) is 0 Å². The first-order chi connectivity index (χ1) is 8.57. The molecule has 1 heterocycles. The van der Waals surface area contributed by atoms with Crippen LogP contribution in [0.15, 0.2) is 16.9 Å². The van der Waals surface area contributed by atoms with Gasteiger partial charge in [0.05, 0.1) is 25.4 Å². The molecule has 0 spiro atoms. The Kier molecular flexibility index (Phi) is 5.97. The number of aryl methyl sites for hydroxylation is 1. The van der Waals surface area contributed by atoms with E-state index in [1.165, 1.54) is 0 Å². The van der Waals surface area contributed by atoms with Crippen LogP contribution in [0.4, 0.5) is 0 Å². The molecule has 0 aliphatic rings. The summed E-state index contributed by atoms with van der Waals surface area (Å²) in [7, 11) is 1.61. The zero-order valence-corrected chi connectivity index (χ0v) is 11.5. The van der Waals surface area contributed by atoms with E-state index in [1.54, 1.807) is 17.7 Å². The van der Waals surface area contributed by atoms with Gasteiger partial charge in [0.25, 0.3) is 5.56 Å². The molecule has 1 aromatic heterocycles. The van der Waals surface area contributed by atoms with E-state index in [9.17, 15) is 4.79 Å². The summed E-state index contributed by atoms with van der Waals surface area (Å²) in [4.78, 5) is 12.2. The third-order valence-electron chi connectivity index (χ3n) is 2.55. The molecule has 2 N–H and O–H groups in total. The average Bonchev–Trinajstić information content (AvgIpc) is 2.32. The van der Waals surface area contributed by atoms with E-state index in [-0.39, 0.29) is 10.5 Å². The Morgan fingerprint density at radius 1 is 1.39 bits per heavy atom. The molecule has 1 aromatic rings. The van der Waals surface area contributed by atoms with Gasteiger partial charge < -0.3 is 19.8 Å². The number of hydrogen-bond donors (Lipinski definition) is 1. The van der Waals surface area contributed by atoms with Gasteiger partial charge in [-0.2, -0.15) is 0 Å². The lowest BCUT2D eigenvalue weighted by molar-refractivity contribution is 0.0661. The van der Waals surface area contributed by atoms with Crippen molar-refractivity contribution in [3.05, 3.63) is 33.7 Å². The van der Waals surface area contributed by atoms with Crippen LogP contribution in [0.5, 0.6) is 0 Å². The molecule has 0 atom stereocenters. The highest BCUT2D eigenvalue weighted by Gasteiger charge is 2.08. The summed E-state index contributed by atoms with van der Waals surface area (Å²) in [5, 5.41) is 0. The first-order valence-corrected chi connectivity index (χ1v) is 6.05. The molecule has 0 aromatic carbocycles. The lowest BCUT2D eigenvalue weighted by Gasteiger charge is -2.11. The summed E-state index contributed by atoms with van der Waals surface area (Å²) in [5.41, 5.74) is 6.55. The van der Waals surface area contributed by atoms with Crippen molar-refractivity contribution in [3.8, 4) is 0 Å². The summed E-state index contributed by atoms with van der Waals surface area (Å²) in [6.07, 6.45) is 0. The zero-order chi connectivity index (χ0) is 13.5. The van der Waals surface area contributed by atoms with Crippen LogP contribution in [0.2, 0.25) is 0 Å². The molecule has 0 bridgehead atoms. The lowest BCUT2D eigenvalue weighted by Crippen LogP contribution is -2.31. The van der Waals surface area contributed by atoms with Crippen molar-refractivity contribution < 1.29 is 9.47 Å². The molecule has 0 saturated carbocycles. The molecular formula is C12H18N2O3S. The van der Waals surface area contributed by atoms with Crippen molar-refractivity contribution in [1.29, 1.82) is 0 Å². The van der Waals surface area contributed by atoms with E-state index in [0.717, 1.165) is 5.69 Å². The number of aromatic nitrogens is 1. The Hall–Kier alpha value is -1.24. The van der Waals surface area contributed by atoms with E-state index in [0.29, 0.717) is 31.9 Å². The largest absolute Gasteiger partial charge is 0.389 e. The maximum Gasteiger partial charge on any atom is 0.261 e. The van der Waals surface area contributed by atoms with Crippen LogP contribution < -0.4 is 11.3 Å². The molecule has 6 heteroatoms. The Balaban J connectivity index is 2.73. The predicted octanol–water partition coefficient (Wildman–Crippen LogP) is 0.454. The minimum atomic E-state index is -0.169. The fraction of sp³-hybridized carbons (Fsp3) is 0.500. The second kappa shape index (κ2) is 7.25. The Bertz CT molecular complexity index is 471. The molecule has 5 nitrogen and oxygen atoms in total. The van der Waals surface area contributed by atoms with Gasteiger partial charge in [0, 0.05) is 19.3 Å². The molecule has 18 heavy (non-hydrogen) atoms. The number of ether oxygens (including phenoxy) is 2. The third kappa shape index (κ3) is 3.90. The number of thiocarbonyl (C=S) groups is 1. The summed E-state index contributed by atoms with van der Waals surface area (Å²) < 4.78 is 11.8. The predicted molar refractivity (Wildman–Crippen MR) is 74.0 cm³/mol. The Morgan fingerprint density at radius 3 is 2.72 bits per heavy atom. The van der Waals surface area contributed by atoms with E-state index < -0.39 is 0 Å². The number of methoxy groups -OCH3 is 1. The second-order valence-corrected chi connectivity index (χ2v) is 4.25. The number of rotatable bonds is 7. The van der Waals surface area contributed by atoms with Crippen molar-refractivity contribution in [3.63, 3.8) is 0 Å². The summed E-state index contributed by atoms with van der Waals surface area (Å²) in [6.45, 7) is 3.84. The van der Waals surface area contributed by atoms with Crippen molar-refractivity contribution in [2.24, 2.45) is 5.73 Å². The van der Waals surface area contributed by atoms with Crippen LogP contribution >= 0.6 is 12.2 Å². The van der Waals surface area contributed by atoms with E-state index in [2.05, 4.69) is 0 Å². The molecule has 0 aliphatic heterocycles. The van der Waals surface area contributed by atoms with Crippen LogP contribution in [-0.2, 0) is 16.0 Å². The highest BCUT2D eigenvalue weighted by atomic mass is 32.1. The molecule has 0 aliphatic carbocycles. The minimum Gasteiger partial charge on any atom is -0.389 e. The molecule has 1 rings (SSSR count). The summed E-state index contributed by atoms with van der Waals surface area (Å²) in [5.74, 6) is 0. The lowest BCUT2D eigenvalue weighted by atomic mass is 10.2. The highest BCUT2D eigenvalue weighted by Crippen LogP contribution is 1.99. The van der Waals surface area contributed by atoms with Gasteiger partial charge in [0.2, 0.25) is 0 Å². The SMILES string of the molecule is COCCOCCn1c(C)ccc(C(N)=S)c1=O. The van der Waals surface area contributed by atoms with Crippen molar-refractivity contribution >= 4 is 17.2 Å². The summed E-state index contributed by atoms with van der Waals surface area (Å²) in [6, 6.07) is 3.48. The first kappa shape index (κ1) is 14.8. The van der Waals surface area contributed by atoms with Crippen molar-refractivity contribution in [2.75, 3.05) is 26.9 Å². The molecule has 100 valence electrons. The molecule has 0 radical (unpaired) electrons. The van der Waals surface area contributed by atoms with Gasteiger partial charge in [-0.3, -0.25) is 4.79 Å². The molecule has 0 saturated heterocycles. The maximum atomic E-state index is 12.1. The van der Waals surface area contributed by atoms with Crippen LogP contribution in [0.25, 0.3) is 0 Å². The maximum absolute atomic E-state index is 12.1. The van der Waals surface area contributed by atoms with Crippen LogP contribution in [0.3, 0.4) is 0 Å². The quantitative estimate of drug-likeness (QED) is 0.576. The fourth-order valence-corrected chi connectivity index (χ4v) is 1.69. The van der Waals surface area contributed by atoms with Crippen LogP contribution in [-0.4, -0.2) is 36.5 Å². The van der Waals surface area contributed by atoms with Gasteiger partial charge in [0.1, 0.15) is 4.99 Å². The Labute approximate surface area is 112 Å². The number of nitrogens with two attached hydrogens (primary N) is 1. The standard InChI is InChI=1S/C12H18N2O3S/c1-9-3-4-10(11(13)18)12(15)14(9)5-6-17-8-7-16-2/h3-4H,5-8H2,1-2H3,(H2,13,18). The van der Waals surface area contributed by atoms with Gasteiger partial charge in [-0.15, -0.1) is 0 Å². The molecule has 0 amide bonds. The highest BCUT2D eigenvalue weighted by molar-refractivity contribution is 7.80.